The Balaban J connectivity index is 1.73. The van der Waals surface area contributed by atoms with Crippen LogP contribution in [0.3, 0.4) is 0 Å². The molecule has 7 heteroatoms. The largest absolute Gasteiger partial charge is 0.456 e. The molecule has 154 valence electrons. The summed E-state index contributed by atoms with van der Waals surface area (Å²) >= 11 is 5.78. The molecular formula is C22H25ClN2O4. The van der Waals surface area contributed by atoms with Gasteiger partial charge >= 0.3 is 5.97 Å². The van der Waals surface area contributed by atoms with E-state index in [0.29, 0.717) is 16.5 Å². The van der Waals surface area contributed by atoms with E-state index in [1.807, 2.05) is 24.3 Å². The number of para-hydroxylation sites is 1. The molecule has 0 unspecified atom stereocenters. The quantitative estimate of drug-likeness (QED) is 0.601. The normalized spacial score (nSPS) is 11.4. The van der Waals surface area contributed by atoms with Gasteiger partial charge in [-0.3, -0.25) is 14.4 Å². The number of nitrogens with one attached hydrogen (secondary N) is 2. The summed E-state index contributed by atoms with van der Waals surface area (Å²) in [5.41, 5.74) is 2.21. The molecule has 2 amide bonds. The first-order valence-corrected chi connectivity index (χ1v) is 9.86. The number of rotatable bonds is 9. The zero-order chi connectivity index (χ0) is 21.2. The molecule has 2 aromatic carbocycles. The van der Waals surface area contributed by atoms with Gasteiger partial charge < -0.3 is 15.4 Å². The topological polar surface area (TPSA) is 84.5 Å². The summed E-state index contributed by atoms with van der Waals surface area (Å²) in [6.45, 7) is 3.90. The standard InChI is InChI=1S/C22H25ClN2O4/c1-3-15(2)18-6-4-5-7-19(18)25-20(26)14-29-21(27)12-13-24-22(28)16-8-10-17(23)11-9-16/h4-11,15H,3,12-14H2,1-2H3,(H,24,28)(H,25,26)/t15-/m1/s1. The van der Waals surface area contributed by atoms with Gasteiger partial charge in [-0.05, 0) is 48.2 Å². The van der Waals surface area contributed by atoms with E-state index in [4.69, 9.17) is 16.3 Å². The van der Waals surface area contributed by atoms with Gasteiger partial charge in [0.05, 0.1) is 6.42 Å². The number of benzene rings is 2. The lowest BCUT2D eigenvalue weighted by atomic mass is 9.97. The molecule has 0 saturated heterocycles. The van der Waals surface area contributed by atoms with E-state index in [2.05, 4.69) is 24.5 Å². The van der Waals surface area contributed by atoms with Gasteiger partial charge in [-0.25, -0.2) is 0 Å². The van der Waals surface area contributed by atoms with E-state index in [0.717, 1.165) is 17.7 Å². The van der Waals surface area contributed by atoms with E-state index >= 15 is 0 Å². The Labute approximate surface area is 175 Å². The highest BCUT2D eigenvalue weighted by Crippen LogP contribution is 2.26. The first-order valence-electron chi connectivity index (χ1n) is 9.48. The molecule has 0 bridgehead atoms. The fourth-order valence-electron chi connectivity index (χ4n) is 2.65. The first-order chi connectivity index (χ1) is 13.9. The maximum atomic E-state index is 12.1. The third-order valence-electron chi connectivity index (χ3n) is 4.46. The van der Waals surface area contributed by atoms with E-state index in [-0.39, 0.29) is 25.5 Å². The average molecular weight is 417 g/mol. The summed E-state index contributed by atoms with van der Waals surface area (Å²) in [6.07, 6.45) is 0.916. The van der Waals surface area contributed by atoms with Gasteiger partial charge in [0.1, 0.15) is 0 Å². The Morgan fingerprint density at radius 1 is 1.07 bits per heavy atom. The molecule has 0 aliphatic carbocycles. The molecule has 0 aliphatic rings. The number of esters is 1. The Morgan fingerprint density at radius 2 is 1.76 bits per heavy atom. The van der Waals surface area contributed by atoms with Crippen LogP contribution >= 0.6 is 11.6 Å². The van der Waals surface area contributed by atoms with Gasteiger partial charge in [-0.15, -0.1) is 0 Å². The zero-order valence-electron chi connectivity index (χ0n) is 16.5. The second kappa shape index (κ2) is 11.2. The van der Waals surface area contributed by atoms with E-state index < -0.39 is 11.9 Å². The van der Waals surface area contributed by atoms with Crippen molar-refractivity contribution in [3.05, 3.63) is 64.7 Å². The Hall–Kier alpha value is -2.86. The van der Waals surface area contributed by atoms with Gasteiger partial charge in [0, 0.05) is 22.8 Å². The zero-order valence-corrected chi connectivity index (χ0v) is 17.3. The van der Waals surface area contributed by atoms with Crippen molar-refractivity contribution in [2.45, 2.75) is 32.6 Å². The molecule has 0 spiro atoms. The van der Waals surface area contributed by atoms with Crippen molar-refractivity contribution in [1.29, 1.82) is 0 Å². The maximum absolute atomic E-state index is 12.1. The second-order valence-corrected chi connectivity index (χ2v) is 7.05. The van der Waals surface area contributed by atoms with Crippen molar-refractivity contribution in [3.63, 3.8) is 0 Å². The fraction of sp³-hybridized carbons (Fsp3) is 0.318. The van der Waals surface area contributed by atoms with E-state index in [1.165, 1.54) is 0 Å². The Bertz CT molecular complexity index is 852. The van der Waals surface area contributed by atoms with Crippen LogP contribution in [0.5, 0.6) is 0 Å². The molecule has 2 N–H and O–H groups in total. The van der Waals surface area contributed by atoms with Crippen LogP contribution in [0.25, 0.3) is 0 Å². The van der Waals surface area contributed by atoms with Crippen molar-refractivity contribution in [2.75, 3.05) is 18.5 Å². The number of carbonyl (C=O) groups is 3. The fourth-order valence-corrected chi connectivity index (χ4v) is 2.77. The van der Waals surface area contributed by atoms with Gasteiger partial charge in [0.15, 0.2) is 6.61 Å². The van der Waals surface area contributed by atoms with Gasteiger partial charge in [0.25, 0.3) is 11.8 Å². The number of hydrogen-bond donors (Lipinski definition) is 2. The molecular weight excluding hydrogens is 392 g/mol. The molecule has 0 heterocycles. The molecule has 2 rings (SSSR count). The van der Waals surface area contributed by atoms with Crippen molar-refractivity contribution in [2.24, 2.45) is 0 Å². The van der Waals surface area contributed by atoms with Crippen LogP contribution in [0, 0.1) is 0 Å². The van der Waals surface area contributed by atoms with Crippen LogP contribution < -0.4 is 10.6 Å². The molecule has 0 fully saturated rings. The van der Waals surface area contributed by atoms with Crippen LogP contribution in [0.4, 0.5) is 5.69 Å². The Kier molecular flexibility index (Phi) is 8.68. The summed E-state index contributed by atoms with van der Waals surface area (Å²) in [7, 11) is 0. The highest BCUT2D eigenvalue weighted by molar-refractivity contribution is 6.30. The number of anilines is 1. The predicted octanol–water partition coefficient (Wildman–Crippen LogP) is 4.16. The minimum atomic E-state index is -0.563. The third-order valence-corrected chi connectivity index (χ3v) is 4.72. The van der Waals surface area contributed by atoms with Crippen molar-refractivity contribution in [3.8, 4) is 0 Å². The summed E-state index contributed by atoms with van der Waals surface area (Å²) in [5.74, 6) is -0.974. The van der Waals surface area contributed by atoms with Crippen molar-refractivity contribution in [1.82, 2.24) is 5.32 Å². The highest BCUT2D eigenvalue weighted by atomic mass is 35.5. The summed E-state index contributed by atoms with van der Waals surface area (Å²) in [6, 6.07) is 14.0. The van der Waals surface area contributed by atoms with Gasteiger partial charge in [-0.1, -0.05) is 43.6 Å². The average Bonchev–Trinajstić information content (AvgIpc) is 2.72. The Morgan fingerprint density at radius 3 is 2.45 bits per heavy atom. The smallest absolute Gasteiger partial charge is 0.308 e. The van der Waals surface area contributed by atoms with E-state index in [9.17, 15) is 14.4 Å². The number of amides is 2. The molecule has 0 radical (unpaired) electrons. The predicted molar refractivity (Wildman–Crippen MR) is 113 cm³/mol. The summed E-state index contributed by atoms with van der Waals surface area (Å²) < 4.78 is 4.99. The SMILES string of the molecule is CC[C@@H](C)c1ccccc1NC(=O)COC(=O)CCNC(=O)c1ccc(Cl)cc1. The van der Waals surface area contributed by atoms with Gasteiger partial charge in [-0.2, -0.15) is 0 Å². The van der Waals surface area contributed by atoms with Crippen LogP contribution in [-0.2, 0) is 14.3 Å². The van der Waals surface area contributed by atoms with Crippen LogP contribution in [0.2, 0.25) is 5.02 Å². The van der Waals surface area contributed by atoms with Gasteiger partial charge in [0.2, 0.25) is 0 Å². The van der Waals surface area contributed by atoms with Crippen molar-refractivity contribution < 1.29 is 19.1 Å². The van der Waals surface area contributed by atoms with E-state index in [1.54, 1.807) is 24.3 Å². The number of hydrogen-bond acceptors (Lipinski definition) is 4. The second-order valence-electron chi connectivity index (χ2n) is 6.62. The lowest BCUT2D eigenvalue weighted by molar-refractivity contribution is -0.147. The highest BCUT2D eigenvalue weighted by Gasteiger charge is 2.13. The number of carbonyl (C=O) groups excluding carboxylic acids is 3. The summed E-state index contributed by atoms with van der Waals surface area (Å²) in [5, 5.41) is 5.94. The maximum Gasteiger partial charge on any atom is 0.308 e. The molecule has 0 saturated carbocycles. The molecule has 29 heavy (non-hydrogen) atoms. The van der Waals surface area contributed by atoms with Crippen LogP contribution in [-0.4, -0.2) is 30.9 Å². The van der Waals surface area contributed by atoms with Crippen LogP contribution in [0.15, 0.2) is 48.5 Å². The van der Waals surface area contributed by atoms with Crippen molar-refractivity contribution >= 4 is 35.1 Å². The number of ether oxygens (including phenoxy) is 1. The molecule has 0 aliphatic heterocycles. The lowest BCUT2D eigenvalue weighted by Gasteiger charge is -2.15. The summed E-state index contributed by atoms with van der Waals surface area (Å²) in [4.78, 5) is 35.9. The number of halogens is 1. The minimum absolute atomic E-state index is 0.0317. The minimum Gasteiger partial charge on any atom is -0.456 e. The molecule has 2 aromatic rings. The monoisotopic (exact) mass is 416 g/mol. The van der Waals surface area contributed by atoms with Crippen LogP contribution in [0.1, 0.15) is 48.5 Å². The molecule has 1 atom stereocenters. The first kappa shape index (κ1) is 22.4. The molecule has 0 aromatic heterocycles. The molecule has 6 nitrogen and oxygen atoms in total. The lowest BCUT2D eigenvalue weighted by Crippen LogP contribution is -2.27. The third kappa shape index (κ3) is 7.23.